The van der Waals surface area contributed by atoms with Gasteiger partial charge in [0.05, 0.1) is 12.1 Å². The third kappa shape index (κ3) is 2.33. The molecule has 4 rings (SSSR count). The van der Waals surface area contributed by atoms with Crippen molar-refractivity contribution >= 4 is 17.2 Å². The standard InChI is InChI=1S/C17H24N2OS/c1-11-13-7-9-21-16(13)6-8-19(11)17(20)15-10-12-4-2-3-5-14(12)18-15/h7,9,11-12,14-15,18H,2-6,8,10H2,1H3. The van der Waals surface area contributed by atoms with E-state index in [-0.39, 0.29) is 12.1 Å². The second-order valence-electron chi connectivity index (χ2n) is 6.86. The van der Waals surface area contributed by atoms with Crippen LogP contribution >= 0.6 is 11.3 Å². The summed E-state index contributed by atoms with van der Waals surface area (Å²) in [4.78, 5) is 16.5. The van der Waals surface area contributed by atoms with Crippen molar-refractivity contribution in [2.45, 2.75) is 63.6 Å². The quantitative estimate of drug-likeness (QED) is 0.864. The Bertz CT molecular complexity index is 527. The molecule has 1 aromatic heterocycles. The topological polar surface area (TPSA) is 32.3 Å². The molecule has 0 spiro atoms. The highest BCUT2D eigenvalue weighted by Crippen LogP contribution is 2.37. The van der Waals surface area contributed by atoms with E-state index in [1.165, 1.54) is 36.1 Å². The molecule has 4 atom stereocenters. The maximum Gasteiger partial charge on any atom is 0.240 e. The van der Waals surface area contributed by atoms with Crippen molar-refractivity contribution in [3.8, 4) is 0 Å². The van der Waals surface area contributed by atoms with Crippen molar-refractivity contribution in [2.75, 3.05) is 6.54 Å². The average molecular weight is 304 g/mol. The Labute approximate surface area is 130 Å². The first-order valence-electron chi connectivity index (χ1n) is 8.37. The van der Waals surface area contributed by atoms with Gasteiger partial charge in [-0.1, -0.05) is 12.8 Å². The fourth-order valence-corrected chi connectivity index (χ4v) is 5.48. The smallest absolute Gasteiger partial charge is 0.240 e. The Morgan fingerprint density at radius 3 is 3.10 bits per heavy atom. The second kappa shape index (κ2) is 5.40. The van der Waals surface area contributed by atoms with Crippen LogP contribution in [0, 0.1) is 5.92 Å². The predicted molar refractivity (Wildman–Crippen MR) is 85.4 cm³/mol. The SMILES string of the molecule is CC1c2ccsc2CCN1C(=O)C1CC2CCCCC2N1. The number of hydrogen-bond acceptors (Lipinski definition) is 3. The fourth-order valence-electron chi connectivity index (χ4n) is 4.52. The Kier molecular flexibility index (Phi) is 3.54. The molecule has 2 aliphatic heterocycles. The summed E-state index contributed by atoms with van der Waals surface area (Å²) in [6, 6.07) is 3.12. The zero-order valence-corrected chi connectivity index (χ0v) is 13.5. The Balaban J connectivity index is 1.48. The molecule has 3 heterocycles. The van der Waals surface area contributed by atoms with E-state index in [4.69, 9.17) is 0 Å². The van der Waals surface area contributed by atoms with Gasteiger partial charge in [-0.2, -0.15) is 0 Å². The Hall–Kier alpha value is -0.870. The molecule has 1 amide bonds. The van der Waals surface area contributed by atoms with Crippen molar-refractivity contribution in [1.82, 2.24) is 10.2 Å². The van der Waals surface area contributed by atoms with Crippen LogP contribution < -0.4 is 5.32 Å². The second-order valence-corrected chi connectivity index (χ2v) is 7.86. The number of nitrogens with zero attached hydrogens (tertiary/aromatic N) is 1. The first-order chi connectivity index (χ1) is 10.2. The van der Waals surface area contributed by atoms with Gasteiger partial charge in [0.2, 0.25) is 5.91 Å². The summed E-state index contributed by atoms with van der Waals surface area (Å²) in [6.45, 7) is 3.08. The van der Waals surface area contributed by atoms with Gasteiger partial charge in [-0.3, -0.25) is 4.79 Å². The van der Waals surface area contributed by atoms with Gasteiger partial charge < -0.3 is 10.2 Å². The highest BCUT2D eigenvalue weighted by atomic mass is 32.1. The number of carbonyl (C=O) groups is 1. The maximum absolute atomic E-state index is 13.0. The van der Waals surface area contributed by atoms with Crippen LogP contribution in [0.4, 0.5) is 0 Å². The summed E-state index contributed by atoms with van der Waals surface area (Å²) < 4.78 is 0. The molecule has 3 aliphatic rings. The Morgan fingerprint density at radius 1 is 1.38 bits per heavy atom. The lowest BCUT2D eigenvalue weighted by Gasteiger charge is -2.35. The number of amides is 1. The van der Waals surface area contributed by atoms with Crippen molar-refractivity contribution in [3.05, 3.63) is 21.9 Å². The zero-order valence-electron chi connectivity index (χ0n) is 12.7. The van der Waals surface area contributed by atoms with Gasteiger partial charge >= 0.3 is 0 Å². The van der Waals surface area contributed by atoms with Gasteiger partial charge in [0.1, 0.15) is 0 Å². The lowest BCUT2D eigenvalue weighted by molar-refractivity contribution is -0.135. The molecule has 2 fully saturated rings. The highest BCUT2D eigenvalue weighted by Gasteiger charge is 2.41. The molecule has 0 bridgehead atoms. The van der Waals surface area contributed by atoms with Gasteiger partial charge in [0, 0.05) is 17.5 Å². The van der Waals surface area contributed by atoms with Crippen LogP contribution in [-0.2, 0) is 11.2 Å². The van der Waals surface area contributed by atoms with Crippen molar-refractivity contribution < 1.29 is 4.79 Å². The molecule has 0 aromatic carbocycles. The van der Waals surface area contributed by atoms with Gasteiger partial charge in [-0.15, -0.1) is 11.3 Å². The molecule has 4 heteroatoms. The summed E-state index contributed by atoms with van der Waals surface area (Å²) in [5.74, 6) is 1.08. The van der Waals surface area contributed by atoms with Crippen LogP contribution in [0.3, 0.4) is 0 Å². The summed E-state index contributed by atoms with van der Waals surface area (Å²) in [7, 11) is 0. The van der Waals surface area contributed by atoms with Crippen LogP contribution in [0.5, 0.6) is 0 Å². The van der Waals surface area contributed by atoms with Crippen molar-refractivity contribution in [3.63, 3.8) is 0 Å². The monoisotopic (exact) mass is 304 g/mol. The summed E-state index contributed by atoms with van der Waals surface area (Å²) in [6.07, 6.45) is 7.34. The van der Waals surface area contributed by atoms with E-state index in [0.29, 0.717) is 11.9 Å². The third-order valence-corrected chi connectivity index (χ3v) is 6.72. The summed E-state index contributed by atoms with van der Waals surface area (Å²) in [5, 5.41) is 5.80. The first-order valence-corrected chi connectivity index (χ1v) is 9.25. The molecule has 4 unspecified atom stereocenters. The van der Waals surface area contributed by atoms with Crippen LogP contribution in [0.25, 0.3) is 0 Å². The molecule has 3 nitrogen and oxygen atoms in total. The van der Waals surface area contributed by atoms with E-state index in [0.717, 1.165) is 25.3 Å². The summed E-state index contributed by atoms with van der Waals surface area (Å²) >= 11 is 1.84. The van der Waals surface area contributed by atoms with E-state index >= 15 is 0 Å². The molecule has 0 radical (unpaired) electrons. The van der Waals surface area contributed by atoms with Gasteiger partial charge in [-0.05, 0) is 55.5 Å². The average Bonchev–Trinajstić information content (AvgIpc) is 3.13. The predicted octanol–water partition coefficient (Wildman–Crippen LogP) is 3.11. The molecule has 21 heavy (non-hydrogen) atoms. The number of carbonyl (C=O) groups excluding carboxylic acids is 1. The minimum Gasteiger partial charge on any atom is -0.334 e. The van der Waals surface area contributed by atoms with E-state index < -0.39 is 0 Å². The van der Waals surface area contributed by atoms with Gasteiger partial charge in [0.25, 0.3) is 0 Å². The number of fused-ring (bicyclic) bond motifs is 2. The minimum absolute atomic E-state index is 0.0701. The van der Waals surface area contributed by atoms with E-state index in [1.54, 1.807) is 0 Å². The lowest BCUT2D eigenvalue weighted by Crippen LogP contribution is -2.48. The fraction of sp³-hybridized carbons (Fsp3) is 0.706. The third-order valence-electron chi connectivity index (χ3n) is 5.72. The van der Waals surface area contributed by atoms with E-state index in [9.17, 15) is 4.79 Å². The van der Waals surface area contributed by atoms with Crippen LogP contribution in [0.15, 0.2) is 11.4 Å². The van der Waals surface area contributed by atoms with Gasteiger partial charge in [-0.25, -0.2) is 0 Å². The maximum atomic E-state index is 13.0. The van der Waals surface area contributed by atoms with Gasteiger partial charge in [0.15, 0.2) is 0 Å². The van der Waals surface area contributed by atoms with Crippen molar-refractivity contribution in [2.24, 2.45) is 5.92 Å². The van der Waals surface area contributed by atoms with Crippen LogP contribution in [-0.4, -0.2) is 29.4 Å². The number of thiophene rings is 1. The highest BCUT2D eigenvalue weighted by molar-refractivity contribution is 7.10. The number of rotatable bonds is 1. The number of nitrogens with one attached hydrogen (secondary N) is 1. The normalized spacial score (nSPS) is 35.4. The van der Waals surface area contributed by atoms with Crippen LogP contribution in [0.2, 0.25) is 0 Å². The molecule has 1 N–H and O–H groups in total. The van der Waals surface area contributed by atoms with Crippen molar-refractivity contribution in [1.29, 1.82) is 0 Å². The zero-order chi connectivity index (χ0) is 14.4. The molecule has 1 aliphatic carbocycles. The Morgan fingerprint density at radius 2 is 2.24 bits per heavy atom. The molecule has 1 saturated carbocycles. The summed E-state index contributed by atoms with van der Waals surface area (Å²) in [5.41, 5.74) is 1.37. The van der Waals surface area contributed by atoms with E-state index in [2.05, 4.69) is 28.6 Å². The van der Waals surface area contributed by atoms with Crippen LogP contribution in [0.1, 0.15) is 55.5 Å². The first kappa shape index (κ1) is 13.8. The molecule has 114 valence electrons. The number of hydrogen-bond donors (Lipinski definition) is 1. The largest absolute Gasteiger partial charge is 0.334 e. The molecule has 1 aromatic rings. The molecular formula is C17H24N2OS. The molecular weight excluding hydrogens is 280 g/mol. The minimum atomic E-state index is 0.0701. The molecule has 1 saturated heterocycles. The van der Waals surface area contributed by atoms with E-state index in [1.807, 2.05) is 11.3 Å². The lowest BCUT2D eigenvalue weighted by atomic mass is 9.85.